The maximum atomic E-state index is 12.4. The fourth-order valence-corrected chi connectivity index (χ4v) is 4.51. The van der Waals surface area contributed by atoms with Crippen molar-refractivity contribution in [3.8, 4) is 5.75 Å². The lowest BCUT2D eigenvalue weighted by molar-refractivity contribution is -0.274. The third kappa shape index (κ3) is 6.48. The van der Waals surface area contributed by atoms with Gasteiger partial charge in [-0.1, -0.05) is 30.3 Å². The molecule has 2 heterocycles. The van der Waals surface area contributed by atoms with E-state index in [4.69, 9.17) is 0 Å². The normalized spacial score (nSPS) is 22.7. The van der Waals surface area contributed by atoms with Crippen molar-refractivity contribution < 1.29 is 27.5 Å². The number of ether oxygens (including phenoxy) is 1. The van der Waals surface area contributed by atoms with Crippen LogP contribution in [0.1, 0.15) is 24.8 Å². The fraction of sp³-hybridized carbons (Fsp3) is 0.417. The molecular formula is C24H27F3N4O3. The number of hydrogen-bond donors (Lipinski definition) is 3. The molecule has 0 saturated carbocycles. The standard InChI is InChI=1S/C24H27F3N4O3/c25-24(26,27)34-20-9-6-16(7-10-20)13-28-18-12-21-23(33)29-14-19(31(21)15-18)8-11-22(32)30-17-4-2-1-3-5-17/h1-7,9-10,18-19,21,28H,8,11-15H2,(H,29,33)(H,30,32)/t18-,19-,21+/m0/s1. The van der Waals surface area contributed by atoms with Gasteiger partial charge in [-0.15, -0.1) is 13.2 Å². The molecule has 182 valence electrons. The third-order valence-corrected chi connectivity index (χ3v) is 6.14. The van der Waals surface area contributed by atoms with Gasteiger partial charge in [0, 0.05) is 43.8 Å². The number of piperazine rings is 1. The second-order valence-electron chi connectivity index (χ2n) is 8.57. The number of amides is 2. The zero-order valence-corrected chi connectivity index (χ0v) is 18.5. The lowest BCUT2D eigenvalue weighted by Gasteiger charge is -2.37. The van der Waals surface area contributed by atoms with Gasteiger partial charge in [0.05, 0.1) is 6.04 Å². The lowest BCUT2D eigenvalue weighted by atomic mass is 10.0. The molecule has 2 amide bonds. The highest BCUT2D eigenvalue weighted by Gasteiger charge is 2.43. The molecule has 10 heteroatoms. The average molecular weight is 476 g/mol. The summed E-state index contributed by atoms with van der Waals surface area (Å²) in [6.45, 7) is 1.63. The molecule has 3 atom stereocenters. The molecule has 2 aliphatic heterocycles. The number of nitrogens with zero attached hydrogens (tertiary/aromatic N) is 1. The summed E-state index contributed by atoms with van der Waals surface area (Å²) >= 11 is 0. The van der Waals surface area contributed by atoms with Crippen molar-refractivity contribution in [2.45, 2.75) is 50.3 Å². The Hall–Kier alpha value is -3.11. The number of fused-ring (bicyclic) bond motifs is 1. The number of benzene rings is 2. The van der Waals surface area contributed by atoms with E-state index in [9.17, 15) is 22.8 Å². The lowest BCUT2D eigenvalue weighted by Crippen LogP contribution is -2.57. The number of alkyl halides is 3. The van der Waals surface area contributed by atoms with Gasteiger partial charge in [0.25, 0.3) is 0 Å². The van der Waals surface area contributed by atoms with Crippen LogP contribution in [-0.4, -0.2) is 54.3 Å². The molecule has 2 saturated heterocycles. The van der Waals surface area contributed by atoms with Crippen molar-refractivity contribution >= 4 is 17.5 Å². The second kappa shape index (κ2) is 10.4. The summed E-state index contributed by atoms with van der Waals surface area (Å²) in [6, 6.07) is 14.9. The maximum Gasteiger partial charge on any atom is 0.573 e. The van der Waals surface area contributed by atoms with E-state index in [0.717, 1.165) is 11.3 Å². The number of carbonyl (C=O) groups excluding carboxylic acids is 2. The van der Waals surface area contributed by atoms with Crippen LogP contribution in [0.5, 0.6) is 5.75 Å². The molecule has 0 spiro atoms. The highest BCUT2D eigenvalue weighted by molar-refractivity contribution is 5.90. The first kappa shape index (κ1) is 24.0. The quantitative estimate of drug-likeness (QED) is 0.546. The summed E-state index contributed by atoms with van der Waals surface area (Å²) in [6.07, 6.45) is -3.10. The Bertz CT molecular complexity index is 985. The third-order valence-electron chi connectivity index (χ3n) is 6.14. The van der Waals surface area contributed by atoms with Gasteiger partial charge in [0.15, 0.2) is 0 Å². The molecule has 0 bridgehead atoms. The predicted molar refractivity (Wildman–Crippen MR) is 120 cm³/mol. The van der Waals surface area contributed by atoms with Gasteiger partial charge in [-0.3, -0.25) is 14.5 Å². The summed E-state index contributed by atoms with van der Waals surface area (Å²) in [5.74, 6) is -0.334. The van der Waals surface area contributed by atoms with Crippen molar-refractivity contribution in [2.75, 3.05) is 18.4 Å². The predicted octanol–water partition coefficient (Wildman–Crippen LogP) is 3.04. The van der Waals surface area contributed by atoms with Gasteiger partial charge in [0.2, 0.25) is 11.8 Å². The Morgan fingerprint density at radius 3 is 2.56 bits per heavy atom. The average Bonchev–Trinajstić information content (AvgIpc) is 3.23. The number of anilines is 1. The number of nitrogens with one attached hydrogen (secondary N) is 3. The minimum absolute atomic E-state index is 0.0112. The van der Waals surface area contributed by atoms with Crippen molar-refractivity contribution in [3.05, 3.63) is 60.2 Å². The molecule has 2 aromatic carbocycles. The molecule has 2 aliphatic rings. The first-order valence-corrected chi connectivity index (χ1v) is 11.2. The van der Waals surface area contributed by atoms with Crippen LogP contribution >= 0.6 is 0 Å². The Balaban J connectivity index is 1.27. The minimum Gasteiger partial charge on any atom is -0.406 e. The van der Waals surface area contributed by atoms with Crippen LogP contribution in [0.15, 0.2) is 54.6 Å². The molecule has 2 fully saturated rings. The van der Waals surface area contributed by atoms with E-state index in [1.54, 1.807) is 12.1 Å². The van der Waals surface area contributed by atoms with E-state index in [-0.39, 0.29) is 35.7 Å². The second-order valence-corrected chi connectivity index (χ2v) is 8.57. The summed E-state index contributed by atoms with van der Waals surface area (Å²) in [5.41, 5.74) is 1.57. The van der Waals surface area contributed by atoms with E-state index in [2.05, 4.69) is 25.6 Å². The van der Waals surface area contributed by atoms with Gasteiger partial charge in [-0.05, 0) is 42.7 Å². The van der Waals surface area contributed by atoms with E-state index in [1.807, 2.05) is 30.3 Å². The van der Waals surface area contributed by atoms with E-state index in [1.165, 1.54) is 12.1 Å². The summed E-state index contributed by atoms with van der Waals surface area (Å²) in [5, 5.41) is 9.23. The Labute approximate surface area is 195 Å². The number of halogens is 3. The molecule has 3 N–H and O–H groups in total. The topological polar surface area (TPSA) is 82.7 Å². The van der Waals surface area contributed by atoms with Gasteiger partial charge < -0.3 is 20.7 Å². The van der Waals surface area contributed by atoms with Crippen molar-refractivity contribution in [2.24, 2.45) is 0 Å². The first-order chi connectivity index (χ1) is 16.3. The van der Waals surface area contributed by atoms with Crippen LogP contribution in [0.4, 0.5) is 18.9 Å². The summed E-state index contributed by atoms with van der Waals surface area (Å²) in [7, 11) is 0. The molecule has 0 aromatic heterocycles. The zero-order valence-electron chi connectivity index (χ0n) is 18.5. The SMILES string of the molecule is O=C(CC[C@H]1CNC(=O)[C@H]2C[C@H](NCc3ccc(OC(F)(F)F)cc3)CN12)Nc1ccccc1. The molecule has 0 radical (unpaired) electrons. The highest BCUT2D eigenvalue weighted by atomic mass is 19.4. The van der Waals surface area contributed by atoms with E-state index >= 15 is 0 Å². The van der Waals surface area contributed by atoms with E-state index in [0.29, 0.717) is 38.9 Å². The molecule has 34 heavy (non-hydrogen) atoms. The van der Waals surface area contributed by atoms with Crippen LogP contribution in [0.3, 0.4) is 0 Å². The van der Waals surface area contributed by atoms with Crippen LogP contribution in [0.25, 0.3) is 0 Å². The van der Waals surface area contributed by atoms with Crippen molar-refractivity contribution in [1.82, 2.24) is 15.5 Å². The van der Waals surface area contributed by atoms with Crippen LogP contribution in [-0.2, 0) is 16.1 Å². The molecule has 7 nitrogen and oxygen atoms in total. The maximum absolute atomic E-state index is 12.4. The smallest absolute Gasteiger partial charge is 0.406 e. The molecule has 4 rings (SSSR count). The van der Waals surface area contributed by atoms with Gasteiger partial charge in [-0.25, -0.2) is 0 Å². The minimum atomic E-state index is -4.71. The van der Waals surface area contributed by atoms with E-state index < -0.39 is 6.36 Å². The van der Waals surface area contributed by atoms with Crippen LogP contribution in [0.2, 0.25) is 0 Å². The number of para-hydroxylation sites is 1. The first-order valence-electron chi connectivity index (χ1n) is 11.2. The molecule has 2 aromatic rings. The number of rotatable bonds is 8. The zero-order chi connectivity index (χ0) is 24.1. The van der Waals surface area contributed by atoms with Gasteiger partial charge in [0.1, 0.15) is 5.75 Å². The Kier molecular flexibility index (Phi) is 7.38. The van der Waals surface area contributed by atoms with Gasteiger partial charge >= 0.3 is 6.36 Å². The fourth-order valence-electron chi connectivity index (χ4n) is 4.51. The largest absolute Gasteiger partial charge is 0.573 e. The van der Waals surface area contributed by atoms with Crippen molar-refractivity contribution in [3.63, 3.8) is 0 Å². The molecular weight excluding hydrogens is 449 g/mol. The molecule has 0 unspecified atom stereocenters. The van der Waals surface area contributed by atoms with Gasteiger partial charge in [-0.2, -0.15) is 0 Å². The number of carbonyl (C=O) groups is 2. The Morgan fingerprint density at radius 2 is 1.85 bits per heavy atom. The summed E-state index contributed by atoms with van der Waals surface area (Å²) in [4.78, 5) is 26.9. The van der Waals surface area contributed by atoms with Crippen LogP contribution < -0.4 is 20.7 Å². The summed E-state index contributed by atoms with van der Waals surface area (Å²) < 4.78 is 40.8. The monoisotopic (exact) mass is 476 g/mol. The Morgan fingerprint density at radius 1 is 1.12 bits per heavy atom. The molecule has 0 aliphatic carbocycles. The van der Waals surface area contributed by atoms with Crippen molar-refractivity contribution in [1.29, 1.82) is 0 Å². The highest BCUT2D eigenvalue weighted by Crippen LogP contribution is 2.27. The van der Waals surface area contributed by atoms with Crippen LogP contribution in [0, 0.1) is 0 Å². The number of hydrogen-bond acceptors (Lipinski definition) is 5.